The maximum absolute atomic E-state index is 12.8. The van der Waals surface area contributed by atoms with Gasteiger partial charge in [-0.05, 0) is 30.0 Å². The van der Waals surface area contributed by atoms with Gasteiger partial charge < -0.3 is 30.9 Å². The van der Waals surface area contributed by atoms with Crippen LogP contribution in [0, 0.1) is 0 Å². The summed E-state index contributed by atoms with van der Waals surface area (Å²) in [5.74, 6) is -0.223. The highest BCUT2D eigenvalue weighted by atomic mass is 35.5. The highest BCUT2D eigenvalue weighted by Crippen LogP contribution is 2.37. The van der Waals surface area contributed by atoms with Gasteiger partial charge in [-0.1, -0.05) is 39.0 Å². The van der Waals surface area contributed by atoms with Gasteiger partial charge in [-0.3, -0.25) is 9.59 Å². The van der Waals surface area contributed by atoms with E-state index in [1.54, 1.807) is 17.2 Å². The van der Waals surface area contributed by atoms with E-state index in [4.69, 9.17) is 11.6 Å². The largest absolute Gasteiger partial charge is 0.506 e. The number of halogens is 1. The average Bonchev–Trinajstić information content (AvgIpc) is 3.11. The molecule has 0 aromatic heterocycles. The first-order chi connectivity index (χ1) is 15.0. The maximum Gasteiger partial charge on any atom is 0.269 e. The van der Waals surface area contributed by atoms with Crippen molar-refractivity contribution in [1.82, 2.24) is 20.4 Å². The summed E-state index contributed by atoms with van der Waals surface area (Å²) in [5, 5.41) is 20.3. The summed E-state index contributed by atoms with van der Waals surface area (Å²) in [6, 6.07) is 3.36. The fourth-order valence-electron chi connectivity index (χ4n) is 3.90. The van der Waals surface area contributed by atoms with E-state index >= 15 is 0 Å². The van der Waals surface area contributed by atoms with Gasteiger partial charge in [-0.25, -0.2) is 0 Å². The van der Waals surface area contributed by atoms with Crippen LogP contribution in [0.1, 0.15) is 33.3 Å². The number of carbonyl (C=O) groups excluding carboxylic acids is 2. The first kappa shape index (κ1) is 23.8. The van der Waals surface area contributed by atoms with Crippen molar-refractivity contribution < 1.29 is 14.7 Å². The molecule has 2 heterocycles. The molecule has 2 aliphatic rings. The molecule has 1 fully saturated rings. The van der Waals surface area contributed by atoms with E-state index in [2.05, 4.69) is 43.3 Å². The average molecular weight is 462 g/mol. The van der Waals surface area contributed by atoms with Crippen LogP contribution >= 0.6 is 11.6 Å². The van der Waals surface area contributed by atoms with Crippen molar-refractivity contribution in [2.24, 2.45) is 0 Å². The molecule has 4 N–H and O–H groups in total. The van der Waals surface area contributed by atoms with E-state index in [0.717, 1.165) is 5.56 Å². The topological polar surface area (TPSA) is 96.9 Å². The van der Waals surface area contributed by atoms with Crippen LogP contribution < -0.4 is 16.0 Å². The van der Waals surface area contributed by atoms with Gasteiger partial charge >= 0.3 is 0 Å². The van der Waals surface area contributed by atoms with E-state index in [1.807, 2.05) is 17.9 Å². The van der Waals surface area contributed by atoms with Crippen LogP contribution in [0.4, 0.5) is 5.69 Å². The van der Waals surface area contributed by atoms with Crippen molar-refractivity contribution >= 4 is 29.1 Å². The number of hydrogen-bond donors (Lipinski definition) is 4. The van der Waals surface area contributed by atoms with E-state index < -0.39 is 0 Å². The Morgan fingerprint density at radius 2 is 2.03 bits per heavy atom. The van der Waals surface area contributed by atoms with Crippen molar-refractivity contribution in [3.05, 3.63) is 47.3 Å². The monoisotopic (exact) mass is 461 g/mol. The number of likely N-dealkylation sites (N-methyl/N-ethyl adjacent to an activating group) is 1. The van der Waals surface area contributed by atoms with Gasteiger partial charge in [0.25, 0.3) is 5.91 Å². The lowest BCUT2D eigenvalue weighted by molar-refractivity contribution is -0.132. The summed E-state index contributed by atoms with van der Waals surface area (Å²) in [4.78, 5) is 27.9. The van der Waals surface area contributed by atoms with Crippen molar-refractivity contribution in [2.75, 3.05) is 31.5 Å². The van der Waals surface area contributed by atoms with Crippen molar-refractivity contribution in [3.63, 3.8) is 0 Å². The smallest absolute Gasteiger partial charge is 0.269 e. The third-order valence-corrected chi connectivity index (χ3v) is 6.07. The molecule has 1 unspecified atom stereocenters. The minimum Gasteiger partial charge on any atom is -0.506 e. The lowest BCUT2D eigenvalue weighted by atomic mass is 9.86. The molecule has 9 heteroatoms. The fourth-order valence-corrected chi connectivity index (χ4v) is 4.34. The number of aromatic hydroxyl groups is 1. The summed E-state index contributed by atoms with van der Waals surface area (Å²) in [6.07, 6.45) is 2.83. The van der Waals surface area contributed by atoms with Gasteiger partial charge in [-0.2, -0.15) is 0 Å². The lowest BCUT2D eigenvalue weighted by Crippen LogP contribution is -2.61. The zero-order valence-corrected chi connectivity index (χ0v) is 19.8. The maximum atomic E-state index is 12.8. The van der Waals surface area contributed by atoms with Gasteiger partial charge in [-0.15, -0.1) is 0 Å². The minimum atomic E-state index is -0.179. The third-order valence-electron chi connectivity index (χ3n) is 5.75. The van der Waals surface area contributed by atoms with Crippen LogP contribution in [0.5, 0.6) is 5.75 Å². The highest BCUT2D eigenvalue weighted by molar-refractivity contribution is 6.31. The van der Waals surface area contributed by atoms with E-state index in [0.29, 0.717) is 42.6 Å². The van der Waals surface area contributed by atoms with Crippen molar-refractivity contribution in [2.45, 2.75) is 45.3 Å². The number of anilines is 1. The Hall–Kier alpha value is -2.87. The molecule has 0 bridgehead atoms. The van der Waals surface area contributed by atoms with Crippen LogP contribution in [0.15, 0.2) is 36.7 Å². The second-order valence-electron chi connectivity index (χ2n) is 9.10. The van der Waals surface area contributed by atoms with Crippen LogP contribution in [-0.2, 0) is 15.0 Å². The number of benzene rings is 1. The zero-order valence-electron chi connectivity index (χ0n) is 19.0. The Morgan fingerprint density at radius 1 is 1.34 bits per heavy atom. The SMILES string of the molecule is C=CC(=O)N1CC(NC(=O)C2=CNC(CNc3cc(C(C)(C)C)c(Cl)cc3O)N2CC)C1. The predicted molar refractivity (Wildman–Crippen MR) is 126 cm³/mol. The summed E-state index contributed by atoms with van der Waals surface area (Å²) < 4.78 is 0. The second-order valence-corrected chi connectivity index (χ2v) is 9.50. The molecule has 3 rings (SSSR count). The molecule has 0 radical (unpaired) electrons. The second kappa shape index (κ2) is 9.32. The Labute approximate surface area is 194 Å². The summed E-state index contributed by atoms with van der Waals surface area (Å²) in [7, 11) is 0. The van der Waals surface area contributed by atoms with Crippen LogP contribution in [0.3, 0.4) is 0 Å². The Balaban J connectivity index is 1.59. The molecule has 8 nitrogen and oxygen atoms in total. The predicted octanol–water partition coefficient (Wildman–Crippen LogP) is 2.36. The van der Waals surface area contributed by atoms with Gasteiger partial charge in [0, 0.05) is 36.9 Å². The number of likely N-dealkylation sites (tertiary alicyclic amines) is 1. The molecule has 1 aromatic carbocycles. The molecule has 0 aliphatic carbocycles. The number of nitrogens with one attached hydrogen (secondary N) is 3. The molecule has 1 atom stereocenters. The number of amides is 2. The molecule has 1 saturated heterocycles. The van der Waals surface area contributed by atoms with Gasteiger partial charge in [0.1, 0.15) is 17.6 Å². The lowest BCUT2D eigenvalue weighted by Gasteiger charge is -2.39. The Bertz CT molecular complexity index is 934. The number of carbonyl (C=O) groups is 2. The van der Waals surface area contributed by atoms with Crippen molar-refractivity contribution in [3.8, 4) is 5.75 Å². The summed E-state index contributed by atoms with van der Waals surface area (Å²) in [5.41, 5.74) is 1.91. The van der Waals surface area contributed by atoms with Crippen molar-refractivity contribution in [1.29, 1.82) is 0 Å². The first-order valence-electron chi connectivity index (χ1n) is 10.8. The number of nitrogens with zero attached hydrogens (tertiary/aromatic N) is 2. The zero-order chi connectivity index (χ0) is 23.6. The molecule has 2 aliphatic heterocycles. The highest BCUT2D eigenvalue weighted by Gasteiger charge is 2.34. The van der Waals surface area contributed by atoms with E-state index in [9.17, 15) is 14.7 Å². The quantitative estimate of drug-likeness (QED) is 0.367. The summed E-state index contributed by atoms with van der Waals surface area (Å²) in [6.45, 7) is 13.7. The van der Waals surface area contributed by atoms with Crippen LogP contribution in [-0.4, -0.2) is 65.1 Å². The normalized spacial score (nSPS) is 18.5. The molecule has 0 saturated carbocycles. The molecular formula is C23H32ClN5O3. The van der Waals surface area contributed by atoms with Crippen LogP contribution in [0.2, 0.25) is 5.02 Å². The number of phenols is 1. The van der Waals surface area contributed by atoms with E-state index in [1.165, 1.54) is 6.08 Å². The summed E-state index contributed by atoms with van der Waals surface area (Å²) >= 11 is 6.32. The van der Waals surface area contributed by atoms with Gasteiger partial charge in [0.2, 0.25) is 5.91 Å². The standard InChI is InChI=1S/C23H32ClN5O3/c1-6-21(31)28-12-14(13-28)27-22(32)18-10-26-20(29(18)7-2)11-25-17-8-15(23(3,4)5)16(24)9-19(17)30/h6,8-10,14,20,25-26,30H,1,7,11-13H2,2-5H3,(H,27,32). The molecule has 32 heavy (non-hydrogen) atoms. The molecule has 2 amide bonds. The first-order valence-corrected chi connectivity index (χ1v) is 11.1. The Morgan fingerprint density at radius 3 is 2.62 bits per heavy atom. The van der Waals surface area contributed by atoms with Crippen LogP contribution in [0.25, 0.3) is 0 Å². The fraction of sp³-hybridized carbons (Fsp3) is 0.478. The Kier molecular flexibility index (Phi) is 6.93. The molecule has 1 aromatic rings. The van der Waals surface area contributed by atoms with E-state index in [-0.39, 0.29) is 35.2 Å². The number of rotatable bonds is 7. The van der Waals surface area contributed by atoms with Gasteiger partial charge in [0.15, 0.2) is 0 Å². The third kappa shape index (κ3) is 4.96. The minimum absolute atomic E-state index is 0.0648. The molecule has 0 spiro atoms. The molecular weight excluding hydrogens is 430 g/mol. The van der Waals surface area contributed by atoms with Gasteiger partial charge in [0.05, 0.1) is 18.3 Å². The number of hydrogen-bond acceptors (Lipinski definition) is 6. The number of phenolic OH excluding ortho intramolecular Hbond substituents is 1. The molecule has 174 valence electrons.